The molecule has 122 valence electrons. The summed E-state index contributed by atoms with van der Waals surface area (Å²) in [7, 11) is -3.60. The van der Waals surface area contributed by atoms with Crippen LogP contribution in [0, 0.1) is 0 Å². The van der Waals surface area contributed by atoms with Crippen molar-refractivity contribution < 1.29 is 13.2 Å². The lowest BCUT2D eigenvalue weighted by Crippen LogP contribution is -2.36. The Bertz CT molecular complexity index is 820. The van der Waals surface area contributed by atoms with Crippen molar-refractivity contribution in [1.82, 2.24) is 4.31 Å². The largest absolute Gasteiger partial charge is 0.492 e. The minimum atomic E-state index is -3.60. The first kappa shape index (κ1) is 16.5. The van der Waals surface area contributed by atoms with Crippen molar-refractivity contribution in [2.45, 2.75) is 24.8 Å². The monoisotopic (exact) mass is 395 g/mol. The summed E-state index contributed by atoms with van der Waals surface area (Å²) in [5, 5.41) is 0. The molecule has 0 amide bonds. The number of ether oxygens (including phenoxy) is 1. The van der Waals surface area contributed by atoms with Gasteiger partial charge in [0.1, 0.15) is 10.6 Å². The molecule has 3 rings (SSSR count). The number of hydrogen-bond acceptors (Lipinski definition) is 3. The van der Waals surface area contributed by atoms with E-state index in [1.165, 1.54) is 9.87 Å². The lowest BCUT2D eigenvalue weighted by atomic mass is 10.0. The molecule has 2 aromatic carbocycles. The number of sulfonamides is 1. The van der Waals surface area contributed by atoms with Crippen LogP contribution >= 0.6 is 15.9 Å². The Morgan fingerprint density at radius 1 is 1.17 bits per heavy atom. The smallest absolute Gasteiger partial charge is 0.247 e. The van der Waals surface area contributed by atoms with Crippen molar-refractivity contribution in [1.29, 1.82) is 0 Å². The molecule has 0 bridgehead atoms. The first-order chi connectivity index (χ1) is 11.0. The van der Waals surface area contributed by atoms with Crippen molar-refractivity contribution in [2.75, 3.05) is 13.2 Å². The Labute approximate surface area is 145 Å². The Balaban J connectivity index is 1.98. The highest BCUT2D eigenvalue weighted by Crippen LogP contribution is 2.32. The average Bonchev–Trinajstić information content (AvgIpc) is 2.56. The van der Waals surface area contributed by atoms with E-state index in [9.17, 15) is 8.42 Å². The molecular formula is C17H18BrNO3S. The predicted molar refractivity (Wildman–Crippen MR) is 93.1 cm³/mol. The van der Waals surface area contributed by atoms with Crippen molar-refractivity contribution in [3.63, 3.8) is 0 Å². The Kier molecular flexibility index (Phi) is 4.75. The zero-order valence-corrected chi connectivity index (χ0v) is 15.2. The fraction of sp³-hybridized carbons (Fsp3) is 0.294. The number of nitrogens with zero attached hydrogens (tertiary/aromatic N) is 1. The summed E-state index contributed by atoms with van der Waals surface area (Å²) in [5.74, 6) is 0.398. The van der Waals surface area contributed by atoms with E-state index in [2.05, 4.69) is 22.0 Å². The zero-order valence-electron chi connectivity index (χ0n) is 12.8. The minimum Gasteiger partial charge on any atom is -0.492 e. The third kappa shape index (κ3) is 3.29. The molecule has 23 heavy (non-hydrogen) atoms. The lowest BCUT2D eigenvalue weighted by Gasteiger charge is -2.28. The fourth-order valence-electron chi connectivity index (χ4n) is 2.77. The molecule has 0 spiro atoms. The van der Waals surface area contributed by atoms with Gasteiger partial charge < -0.3 is 4.74 Å². The second kappa shape index (κ2) is 6.63. The summed E-state index contributed by atoms with van der Waals surface area (Å²) < 4.78 is 33.9. The topological polar surface area (TPSA) is 46.6 Å². The van der Waals surface area contributed by atoms with Gasteiger partial charge in [-0.1, -0.05) is 40.2 Å². The highest BCUT2D eigenvalue weighted by Gasteiger charge is 2.30. The summed E-state index contributed by atoms with van der Waals surface area (Å²) in [6.45, 7) is 3.15. The Morgan fingerprint density at radius 3 is 2.65 bits per heavy atom. The van der Waals surface area contributed by atoms with Crippen LogP contribution in [-0.2, 0) is 23.0 Å². The van der Waals surface area contributed by atoms with Gasteiger partial charge in [0.15, 0.2) is 0 Å². The molecule has 0 N–H and O–H groups in total. The van der Waals surface area contributed by atoms with Crippen LogP contribution in [-0.4, -0.2) is 25.9 Å². The van der Waals surface area contributed by atoms with Gasteiger partial charge in [-0.3, -0.25) is 0 Å². The van der Waals surface area contributed by atoms with E-state index in [-0.39, 0.29) is 4.90 Å². The molecule has 1 heterocycles. The highest BCUT2D eigenvalue weighted by molar-refractivity contribution is 9.10. The molecule has 0 radical (unpaired) electrons. The van der Waals surface area contributed by atoms with E-state index in [1.807, 2.05) is 25.1 Å². The third-order valence-corrected chi connectivity index (χ3v) is 6.28. The minimum absolute atomic E-state index is 0.216. The molecular weight excluding hydrogens is 378 g/mol. The van der Waals surface area contributed by atoms with Crippen LogP contribution in [0.25, 0.3) is 0 Å². The van der Waals surface area contributed by atoms with Crippen LogP contribution in [0.1, 0.15) is 18.1 Å². The molecule has 0 atom stereocenters. The number of fused-ring (bicyclic) bond motifs is 1. The number of halogens is 1. The van der Waals surface area contributed by atoms with Crippen LogP contribution in [0.4, 0.5) is 0 Å². The van der Waals surface area contributed by atoms with Gasteiger partial charge in [0.05, 0.1) is 6.61 Å². The van der Waals surface area contributed by atoms with Crippen LogP contribution < -0.4 is 4.74 Å². The van der Waals surface area contributed by atoms with Crippen molar-refractivity contribution in [3.05, 3.63) is 58.1 Å². The maximum absolute atomic E-state index is 13.1. The van der Waals surface area contributed by atoms with Crippen LogP contribution in [0.3, 0.4) is 0 Å². The quantitative estimate of drug-likeness (QED) is 0.794. The van der Waals surface area contributed by atoms with E-state index < -0.39 is 10.0 Å². The van der Waals surface area contributed by atoms with Gasteiger partial charge in [-0.05, 0) is 42.7 Å². The maximum Gasteiger partial charge on any atom is 0.247 e. The molecule has 1 aliphatic rings. The molecule has 0 aliphatic carbocycles. The molecule has 6 heteroatoms. The maximum atomic E-state index is 13.1. The standard InChI is InChI=1S/C17H18BrNO3S/c1-2-22-16-8-7-15(18)11-17(16)23(20,21)19-10-9-13-5-3-4-6-14(13)12-19/h3-8,11H,2,9-10,12H2,1H3. The van der Waals surface area contributed by atoms with Crippen molar-refractivity contribution in [3.8, 4) is 5.75 Å². The third-order valence-electron chi connectivity index (χ3n) is 3.92. The summed E-state index contributed by atoms with van der Waals surface area (Å²) in [6, 6.07) is 13.1. The van der Waals surface area contributed by atoms with E-state index in [4.69, 9.17) is 4.74 Å². The van der Waals surface area contributed by atoms with Crippen molar-refractivity contribution in [2.24, 2.45) is 0 Å². The molecule has 4 nitrogen and oxygen atoms in total. The average molecular weight is 396 g/mol. The molecule has 1 aliphatic heterocycles. The normalized spacial score (nSPS) is 15.2. The zero-order chi connectivity index (χ0) is 16.4. The molecule has 0 aromatic heterocycles. The van der Waals surface area contributed by atoms with Crippen LogP contribution in [0.2, 0.25) is 0 Å². The van der Waals surface area contributed by atoms with Crippen LogP contribution in [0.15, 0.2) is 51.8 Å². The van der Waals surface area contributed by atoms with E-state index >= 15 is 0 Å². The summed E-state index contributed by atoms with van der Waals surface area (Å²) in [6.07, 6.45) is 0.730. The summed E-state index contributed by atoms with van der Waals surface area (Å²) >= 11 is 3.35. The molecule has 2 aromatic rings. The highest BCUT2D eigenvalue weighted by atomic mass is 79.9. The second-order valence-electron chi connectivity index (χ2n) is 5.38. The number of benzene rings is 2. The van der Waals surface area contributed by atoms with Gasteiger partial charge in [-0.2, -0.15) is 4.31 Å². The predicted octanol–water partition coefficient (Wildman–Crippen LogP) is 3.59. The van der Waals surface area contributed by atoms with Gasteiger partial charge in [0.2, 0.25) is 10.0 Å². The number of hydrogen-bond donors (Lipinski definition) is 0. The fourth-order valence-corrected chi connectivity index (χ4v) is 4.86. The second-order valence-corrected chi connectivity index (χ2v) is 8.20. The molecule has 0 saturated heterocycles. The van der Waals surface area contributed by atoms with Gasteiger partial charge in [-0.15, -0.1) is 0 Å². The van der Waals surface area contributed by atoms with Gasteiger partial charge in [-0.25, -0.2) is 8.42 Å². The van der Waals surface area contributed by atoms with Gasteiger partial charge in [0.25, 0.3) is 0 Å². The SMILES string of the molecule is CCOc1ccc(Br)cc1S(=O)(=O)N1CCc2ccccc2C1. The number of rotatable bonds is 4. The van der Waals surface area contributed by atoms with Crippen LogP contribution in [0.5, 0.6) is 5.75 Å². The lowest BCUT2D eigenvalue weighted by molar-refractivity contribution is 0.327. The Hall–Kier alpha value is -1.37. The van der Waals surface area contributed by atoms with Crippen molar-refractivity contribution >= 4 is 26.0 Å². The molecule has 0 unspecified atom stereocenters. The van der Waals surface area contributed by atoms with E-state index in [0.717, 1.165) is 16.5 Å². The van der Waals surface area contributed by atoms with E-state index in [0.29, 0.717) is 25.4 Å². The van der Waals surface area contributed by atoms with Gasteiger partial charge >= 0.3 is 0 Å². The summed E-state index contributed by atoms with van der Waals surface area (Å²) in [4.78, 5) is 0.216. The molecule has 0 fully saturated rings. The van der Waals surface area contributed by atoms with E-state index in [1.54, 1.807) is 18.2 Å². The first-order valence-corrected chi connectivity index (χ1v) is 9.75. The Morgan fingerprint density at radius 2 is 1.91 bits per heavy atom. The molecule has 0 saturated carbocycles. The van der Waals surface area contributed by atoms with Gasteiger partial charge in [0, 0.05) is 17.6 Å². The summed E-state index contributed by atoms with van der Waals surface area (Å²) in [5.41, 5.74) is 2.29. The first-order valence-electron chi connectivity index (χ1n) is 7.51.